The fourth-order valence-corrected chi connectivity index (χ4v) is 1.35. The zero-order chi connectivity index (χ0) is 10.1. The average molecular weight is 196 g/mol. The van der Waals surface area contributed by atoms with Gasteiger partial charge < -0.3 is 21.2 Å². The highest BCUT2D eigenvalue weighted by Crippen LogP contribution is 2.24. The number of hydrogen-bond acceptors (Lipinski definition) is 5. The Hall–Kier alpha value is -1.56. The van der Waals surface area contributed by atoms with Crippen molar-refractivity contribution in [2.24, 2.45) is 5.73 Å². The molecule has 0 aromatic carbocycles. The van der Waals surface area contributed by atoms with Gasteiger partial charge in [-0.05, 0) is 12.8 Å². The number of H-pyrrole nitrogens is 1. The van der Waals surface area contributed by atoms with Gasteiger partial charge in [0.15, 0.2) is 5.69 Å². The van der Waals surface area contributed by atoms with Crippen molar-refractivity contribution < 1.29 is 4.74 Å². The van der Waals surface area contributed by atoms with Crippen LogP contribution < -0.4 is 21.8 Å². The van der Waals surface area contributed by atoms with Gasteiger partial charge in [0.05, 0.1) is 6.33 Å². The molecule has 0 aliphatic heterocycles. The van der Waals surface area contributed by atoms with E-state index < -0.39 is 0 Å². The van der Waals surface area contributed by atoms with Gasteiger partial charge in [-0.25, -0.2) is 4.98 Å². The highest BCUT2D eigenvalue weighted by atomic mass is 16.5. The van der Waals surface area contributed by atoms with Crippen LogP contribution in [0.4, 0.5) is 5.69 Å². The van der Waals surface area contributed by atoms with Gasteiger partial charge in [0, 0.05) is 6.04 Å². The summed E-state index contributed by atoms with van der Waals surface area (Å²) in [6.07, 6.45) is 2.88. The zero-order valence-corrected chi connectivity index (χ0v) is 7.56. The Morgan fingerprint density at radius 3 is 2.93 bits per heavy atom. The molecule has 1 aliphatic carbocycles. The molecule has 1 fully saturated rings. The smallest absolute Gasteiger partial charge is 0.277 e. The van der Waals surface area contributed by atoms with Gasteiger partial charge in [0.1, 0.15) is 6.10 Å². The van der Waals surface area contributed by atoms with Gasteiger partial charge in [-0.2, -0.15) is 0 Å². The number of ether oxygens (including phenoxy) is 1. The molecule has 1 saturated carbocycles. The third-order valence-electron chi connectivity index (χ3n) is 2.26. The summed E-state index contributed by atoms with van der Waals surface area (Å²) in [6, 6.07) is 0.197. The molecule has 2 rings (SSSR count). The van der Waals surface area contributed by atoms with Gasteiger partial charge in [0.25, 0.3) is 5.56 Å². The molecule has 0 spiro atoms. The molecule has 0 unspecified atom stereocenters. The number of anilines is 1. The average Bonchev–Trinajstić information content (AvgIpc) is 2.10. The standard InChI is InChI=1S/C8H12N4O2/c9-4-1-5(2-4)14-8-6(10)7(13)11-3-12-8/h3-5H,1-2,9-10H2,(H,11,12,13). The lowest BCUT2D eigenvalue weighted by atomic mass is 9.90. The summed E-state index contributed by atoms with van der Waals surface area (Å²) >= 11 is 0. The second-order valence-electron chi connectivity index (χ2n) is 3.42. The van der Waals surface area contributed by atoms with Gasteiger partial charge >= 0.3 is 0 Å². The van der Waals surface area contributed by atoms with Crippen molar-refractivity contribution in [3.63, 3.8) is 0 Å². The molecule has 0 saturated heterocycles. The Kier molecular flexibility index (Phi) is 2.12. The molecule has 14 heavy (non-hydrogen) atoms. The van der Waals surface area contributed by atoms with Crippen LogP contribution >= 0.6 is 0 Å². The minimum absolute atomic E-state index is 0.0213. The van der Waals surface area contributed by atoms with Crippen LogP contribution in [0.15, 0.2) is 11.1 Å². The number of hydrogen-bond donors (Lipinski definition) is 3. The molecule has 0 atom stereocenters. The van der Waals surface area contributed by atoms with Gasteiger partial charge in [-0.3, -0.25) is 4.79 Å². The fourth-order valence-electron chi connectivity index (χ4n) is 1.35. The van der Waals surface area contributed by atoms with Crippen LogP contribution in [0.3, 0.4) is 0 Å². The third kappa shape index (κ3) is 1.56. The maximum atomic E-state index is 11.1. The lowest BCUT2D eigenvalue weighted by Crippen LogP contribution is -2.43. The van der Waals surface area contributed by atoms with Crippen molar-refractivity contribution in [3.05, 3.63) is 16.7 Å². The van der Waals surface area contributed by atoms with Crippen LogP contribution in [-0.4, -0.2) is 22.1 Å². The van der Waals surface area contributed by atoms with E-state index in [4.69, 9.17) is 16.2 Å². The highest BCUT2D eigenvalue weighted by Gasteiger charge is 2.28. The number of nitrogens with two attached hydrogens (primary N) is 2. The molecule has 6 heteroatoms. The van der Waals surface area contributed by atoms with E-state index in [0.717, 1.165) is 12.8 Å². The van der Waals surface area contributed by atoms with Crippen LogP contribution in [0, 0.1) is 0 Å². The summed E-state index contributed by atoms with van der Waals surface area (Å²) < 4.78 is 5.40. The molecular weight excluding hydrogens is 184 g/mol. The van der Waals surface area contributed by atoms with Crippen LogP contribution in [0.25, 0.3) is 0 Å². The van der Waals surface area contributed by atoms with Crippen molar-refractivity contribution in [2.45, 2.75) is 25.0 Å². The summed E-state index contributed by atoms with van der Waals surface area (Å²) in [7, 11) is 0. The molecule has 0 bridgehead atoms. The molecule has 76 valence electrons. The maximum absolute atomic E-state index is 11.1. The van der Waals surface area contributed by atoms with Crippen LogP contribution in [0.2, 0.25) is 0 Å². The van der Waals surface area contributed by atoms with Gasteiger partial charge in [0.2, 0.25) is 5.88 Å². The molecular formula is C8H12N4O2. The van der Waals surface area contributed by atoms with E-state index in [9.17, 15) is 4.79 Å². The Bertz CT molecular complexity index is 383. The Labute approximate surface area is 80.3 Å². The molecule has 6 nitrogen and oxygen atoms in total. The van der Waals surface area contributed by atoms with Gasteiger partial charge in [-0.15, -0.1) is 0 Å². The minimum atomic E-state index is -0.376. The van der Waals surface area contributed by atoms with E-state index in [-0.39, 0.29) is 29.3 Å². The van der Waals surface area contributed by atoms with Crippen LogP contribution in [-0.2, 0) is 0 Å². The number of aromatic amines is 1. The number of nitrogens with zero attached hydrogens (tertiary/aromatic N) is 1. The molecule has 0 amide bonds. The second kappa shape index (κ2) is 3.30. The first-order valence-corrected chi connectivity index (χ1v) is 4.42. The van der Waals surface area contributed by atoms with E-state index in [1.807, 2.05) is 0 Å². The van der Waals surface area contributed by atoms with Crippen molar-refractivity contribution in [1.29, 1.82) is 0 Å². The summed E-state index contributed by atoms with van der Waals surface area (Å²) in [5.74, 6) is 0.200. The summed E-state index contributed by atoms with van der Waals surface area (Å²) in [4.78, 5) is 17.3. The molecule has 1 aliphatic rings. The topological polar surface area (TPSA) is 107 Å². The van der Waals surface area contributed by atoms with E-state index >= 15 is 0 Å². The first-order chi connectivity index (χ1) is 6.66. The molecule has 0 radical (unpaired) electrons. The normalized spacial score (nSPS) is 25.5. The van der Waals surface area contributed by atoms with E-state index in [1.165, 1.54) is 6.33 Å². The highest BCUT2D eigenvalue weighted by molar-refractivity contribution is 5.44. The third-order valence-corrected chi connectivity index (χ3v) is 2.26. The second-order valence-corrected chi connectivity index (χ2v) is 3.42. The first-order valence-electron chi connectivity index (χ1n) is 4.42. The lowest BCUT2D eigenvalue weighted by Gasteiger charge is -2.32. The number of rotatable bonds is 2. The molecule has 1 aromatic rings. The first kappa shape index (κ1) is 9.01. The number of nitrogen functional groups attached to an aromatic ring is 1. The van der Waals surface area contributed by atoms with E-state index in [2.05, 4.69) is 9.97 Å². The van der Waals surface area contributed by atoms with E-state index in [0.29, 0.717) is 0 Å². The minimum Gasteiger partial charge on any atom is -0.473 e. The number of aromatic nitrogens is 2. The maximum Gasteiger partial charge on any atom is 0.277 e. The number of nitrogens with one attached hydrogen (secondary N) is 1. The predicted octanol–water partition coefficient (Wildman–Crippen LogP) is -0.779. The van der Waals surface area contributed by atoms with Crippen molar-refractivity contribution in [2.75, 3.05) is 5.73 Å². The fraction of sp³-hybridized carbons (Fsp3) is 0.500. The molecule has 1 aromatic heterocycles. The van der Waals surface area contributed by atoms with Crippen molar-refractivity contribution in [3.8, 4) is 5.88 Å². The molecule has 1 heterocycles. The van der Waals surface area contributed by atoms with Crippen molar-refractivity contribution in [1.82, 2.24) is 9.97 Å². The largest absolute Gasteiger partial charge is 0.473 e. The monoisotopic (exact) mass is 196 g/mol. The predicted molar refractivity (Wildman–Crippen MR) is 50.9 cm³/mol. The van der Waals surface area contributed by atoms with Crippen molar-refractivity contribution >= 4 is 5.69 Å². The van der Waals surface area contributed by atoms with E-state index in [1.54, 1.807) is 0 Å². The molecule has 5 N–H and O–H groups in total. The van der Waals surface area contributed by atoms with Gasteiger partial charge in [-0.1, -0.05) is 0 Å². The summed E-state index contributed by atoms with van der Waals surface area (Å²) in [5.41, 5.74) is 10.7. The Morgan fingerprint density at radius 1 is 1.57 bits per heavy atom. The van der Waals surface area contributed by atoms with Crippen LogP contribution in [0.5, 0.6) is 5.88 Å². The zero-order valence-electron chi connectivity index (χ0n) is 7.56. The lowest BCUT2D eigenvalue weighted by molar-refractivity contribution is 0.0964. The SMILES string of the molecule is Nc1c(OC2CC(N)C2)nc[nH]c1=O. The summed E-state index contributed by atoms with van der Waals surface area (Å²) in [5, 5.41) is 0. The van der Waals surface area contributed by atoms with Crippen LogP contribution in [0.1, 0.15) is 12.8 Å². The summed E-state index contributed by atoms with van der Waals surface area (Å²) in [6.45, 7) is 0. The Balaban J connectivity index is 2.10. The quantitative estimate of drug-likeness (QED) is 0.575. The Morgan fingerprint density at radius 2 is 2.29 bits per heavy atom.